The first-order valence-electron chi connectivity index (χ1n) is 5.22. The molecule has 1 aliphatic heterocycles. The van der Waals surface area contributed by atoms with E-state index in [1.807, 2.05) is 30.3 Å². The van der Waals surface area contributed by atoms with E-state index in [2.05, 4.69) is 12.2 Å². The highest BCUT2D eigenvalue weighted by Gasteiger charge is 2.37. The highest BCUT2D eigenvalue weighted by Crippen LogP contribution is 2.34. The topological polar surface area (TPSA) is 32.3 Å². The molecule has 2 rings (SSSR count). The van der Waals surface area contributed by atoms with Gasteiger partial charge in [0.05, 0.1) is 5.60 Å². The summed E-state index contributed by atoms with van der Waals surface area (Å²) in [6.07, 6.45) is 0.804. The molecule has 1 aliphatic rings. The van der Waals surface area contributed by atoms with Gasteiger partial charge in [0.1, 0.15) is 0 Å². The van der Waals surface area contributed by atoms with Crippen molar-refractivity contribution in [2.45, 2.75) is 18.9 Å². The maximum absolute atomic E-state index is 10.6. The lowest BCUT2D eigenvalue weighted by molar-refractivity contribution is -0.0392. The summed E-state index contributed by atoms with van der Waals surface area (Å²) in [6, 6.07) is 9.99. The van der Waals surface area contributed by atoms with Crippen molar-refractivity contribution in [2.24, 2.45) is 5.92 Å². The summed E-state index contributed by atoms with van der Waals surface area (Å²) in [7, 11) is 0. The Morgan fingerprint density at radius 3 is 2.60 bits per heavy atom. The van der Waals surface area contributed by atoms with Gasteiger partial charge in [-0.3, -0.25) is 0 Å². The SMILES string of the molecule is CC1CNCCC1(O)c1ccccc1.Cl. The van der Waals surface area contributed by atoms with Crippen LogP contribution in [0.25, 0.3) is 0 Å². The first-order valence-corrected chi connectivity index (χ1v) is 5.22. The maximum atomic E-state index is 10.6. The average molecular weight is 228 g/mol. The van der Waals surface area contributed by atoms with Crippen molar-refractivity contribution in [3.8, 4) is 0 Å². The second-order valence-electron chi connectivity index (χ2n) is 4.15. The zero-order valence-corrected chi connectivity index (χ0v) is 9.76. The van der Waals surface area contributed by atoms with Crippen LogP contribution >= 0.6 is 12.4 Å². The monoisotopic (exact) mass is 227 g/mol. The molecule has 0 amide bonds. The molecule has 1 saturated heterocycles. The van der Waals surface area contributed by atoms with E-state index >= 15 is 0 Å². The van der Waals surface area contributed by atoms with Crippen molar-refractivity contribution in [2.75, 3.05) is 13.1 Å². The lowest BCUT2D eigenvalue weighted by Crippen LogP contribution is -2.46. The molecule has 0 bridgehead atoms. The zero-order valence-electron chi connectivity index (χ0n) is 8.94. The molecule has 0 saturated carbocycles. The van der Waals surface area contributed by atoms with Crippen molar-refractivity contribution in [1.29, 1.82) is 0 Å². The third-order valence-electron chi connectivity index (χ3n) is 3.22. The molecular formula is C12H18ClNO. The second kappa shape index (κ2) is 4.97. The molecule has 0 aromatic heterocycles. The number of rotatable bonds is 1. The Morgan fingerprint density at radius 2 is 2.00 bits per heavy atom. The van der Waals surface area contributed by atoms with E-state index in [4.69, 9.17) is 0 Å². The highest BCUT2D eigenvalue weighted by molar-refractivity contribution is 5.85. The van der Waals surface area contributed by atoms with E-state index in [1.54, 1.807) is 0 Å². The molecule has 1 heterocycles. The summed E-state index contributed by atoms with van der Waals surface area (Å²) < 4.78 is 0. The van der Waals surface area contributed by atoms with Gasteiger partial charge in [-0.05, 0) is 18.5 Å². The lowest BCUT2D eigenvalue weighted by Gasteiger charge is -2.39. The Hall–Kier alpha value is -0.570. The van der Waals surface area contributed by atoms with Crippen molar-refractivity contribution in [3.05, 3.63) is 35.9 Å². The third kappa shape index (κ3) is 2.33. The Kier molecular flexibility index (Phi) is 4.14. The standard InChI is InChI=1S/C12H17NO.ClH/c1-10-9-13-8-7-12(10,14)11-5-3-2-4-6-11;/h2-6,10,13-14H,7-9H2,1H3;1H. The van der Waals surface area contributed by atoms with Gasteiger partial charge >= 0.3 is 0 Å². The number of nitrogens with one attached hydrogen (secondary N) is 1. The molecule has 2 nitrogen and oxygen atoms in total. The molecule has 84 valence electrons. The Bertz CT molecular complexity index is 304. The predicted octanol–water partition coefficient (Wildman–Crippen LogP) is 1.93. The molecule has 0 radical (unpaired) electrons. The molecular weight excluding hydrogens is 210 g/mol. The van der Waals surface area contributed by atoms with Crippen molar-refractivity contribution >= 4 is 12.4 Å². The largest absolute Gasteiger partial charge is 0.385 e. The highest BCUT2D eigenvalue weighted by atomic mass is 35.5. The van der Waals surface area contributed by atoms with Crippen LogP contribution in [0, 0.1) is 5.92 Å². The van der Waals surface area contributed by atoms with Gasteiger partial charge in [0.25, 0.3) is 0 Å². The van der Waals surface area contributed by atoms with E-state index in [0.29, 0.717) is 0 Å². The summed E-state index contributed by atoms with van der Waals surface area (Å²) in [5.41, 5.74) is 0.418. The van der Waals surface area contributed by atoms with Crippen LogP contribution in [0.3, 0.4) is 0 Å². The van der Waals surface area contributed by atoms with E-state index in [1.165, 1.54) is 0 Å². The van der Waals surface area contributed by atoms with Crippen LogP contribution in [0.5, 0.6) is 0 Å². The van der Waals surface area contributed by atoms with Crippen LogP contribution in [0.15, 0.2) is 30.3 Å². The van der Waals surface area contributed by atoms with Crippen LogP contribution < -0.4 is 5.32 Å². The fraction of sp³-hybridized carbons (Fsp3) is 0.500. The lowest BCUT2D eigenvalue weighted by atomic mass is 9.78. The number of hydrogen-bond acceptors (Lipinski definition) is 2. The van der Waals surface area contributed by atoms with Crippen molar-refractivity contribution in [3.63, 3.8) is 0 Å². The molecule has 1 fully saturated rings. The minimum atomic E-state index is -0.632. The van der Waals surface area contributed by atoms with Crippen LogP contribution in [-0.4, -0.2) is 18.2 Å². The molecule has 3 heteroatoms. The third-order valence-corrected chi connectivity index (χ3v) is 3.22. The van der Waals surface area contributed by atoms with E-state index in [0.717, 1.165) is 25.1 Å². The zero-order chi connectivity index (χ0) is 10.0. The van der Waals surface area contributed by atoms with Gasteiger partial charge in [-0.25, -0.2) is 0 Å². The van der Waals surface area contributed by atoms with Crippen LogP contribution in [-0.2, 0) is 5.60 Å². The van der Waals surface area contributed by atoms with E-state index < -0.39 is 5.60 Å². The first kappa shape index (κ1) is 12.5. The molecule has 2 unspecified atom stereocenters. The fourth-order valence-electron chi connectivity index (χ4n) is 2.17. The minimum Gasteiger partial charge on any atom is -0.385 e. The van der Waals surface area contributed by atoms with Crippen LogP contribution in [0.4, 0.5) is 0 Å². The number of piperidine rings is 1. The molecule has 0 spiro atoms. The van der Waals surface area contributed by atoms with Gasteiger partial charge in [-0.1, -0.05) is 37.3 Å². The van der Waals surface area contributed by atoms with Gasteiger partial charge in [0, 0.05) is 12.5 Å². The number of halogens is 1. The van der Waals surface area contributed by atoms with Gasteiger partial charge < -0.3 is 10.4 Å². The Balaban J connectivity index is 0.00000112. The second-order valence-corrected chi connectivity index (χ2v) is 4.15. The van der Waals surface area contributed by atoms with Gasteiger partial charge in [-0.2, -0.15) is 0 Å². The van der Waals surface area contributed by atoms with Gasteiger partial charge in [0.2, 0.25) is 0 Å². The molecule has 1 aromatic carbocycles. The number of aliphatic hydroxyl groups is 1. The number of benzene rings is 1. The Morgan fingerprint density at radius 1 is 1.33 bits per heavy atom. The summed E-state index contributed by atoms with van der Waals surface area (Å²) in [5.74, 6) is 0.277. The summed E-state index contributed by atoms with van der Waals surface area (Å²) >= 11 is 0. The maximum Gasteiger partial charge on any atom is 0.0946 e. The van der Waals surface area contributed by atoms with Crippen molar-refractivity contribution in [1.82, 2.24) is 5.32 Å². The quantitative estimate of drug-likeness (QED) is 0.769. The fourth-order valence-corrected chi connectivity index (χ4v) is 2.17. The smallest absolute Gasteiger partial charge is 0.0946 e. The summed E-state index contributed by atoms with van der Waals surface area (Å²) in [5, 5.41) is 13.9. The molecule has 2 N–H and O–H groups in total. The first-order chi connectivity index (χ1) is 6.73. The number of hydrogen-bond donors (Lipinski definition) is 2. The molecule has 2 atom stereocenters. The molecule has 0 aliphatic carbocycles. The van der Waals surface area contributed by atoms with Crippen LogP contribution in [0.2, 0.25) is 0 Å². The van der Waals surface area contributed by atoms with Crippen LogP contribution in [0.1, 0.15) is 18.9 Å². The average Bonchev–Trinajstić information content (AvgIpc) is 2.24. The summed E-state index contributed by atoms with van der Waals surface area (Å²) in [6.45, 7) is 3.89. The molecule has 1 aromatic rings. The van der Waals surface area contributed by atoms with Crippen molar-refractivity contribution < 1.29 is 5.11 Å². The Labute approximate surface area is 97.1 Å². The minimum absolute atomic E-state index is 0. The predicted molar refractivity (Wildman–Crippen MR) is 64.2 cm³/mol. The van der Waals surface area contributed by atoms with E-state index in [9.17, 15) is 5.11 Å². The summed E-state index contributed by atoms with van der Waals surface area (Å²) in [4.78, 5) is 0. The van der Waals surface area contributed by atoms with Gasteiger partial charge in [0.15, 0.2) is 0 Å². The van der Waals surface area contributed by atoms with Gasteiger partial charge in [-0.15, -0.1) is 12.4 Å². The normalized spacial score (nSPS) is 30.7. The van der Waals surface area contributed by atoms with E-state index in [-0.39, 0.29) is 18.3 Å². The molecule has 15 heavy (non-hydrogen) atoms.